The molecule has 1 aliphatic rings. The molecule has 63 heavy (non-hydrogen) atoms. The lowest BCUT2D eigenvalue weighted by atomic mass is 9.58. The van der Waals surface area contributed by atoms with Crippen molar-refractivity contribution in [3.8, 4) is 33.4 Å². The van der Waals surface area contributed by atoms with Gasteiger partial charge in [-0.15, -0.1) is 32.8 Å². The zero-order valence-electron chi connectivity index (χ0n) is 34.3. The Morgan fingerprint density at radius 2 is 0.730 bits per heavy atom. The van der Waals surface area contributed by atoms with Crippen LogP contribution >= 0.6 is 0 Å². The summed E-state index contributed by atoms with van der Waals surface area (Å²) in [7, 11) is 116. The fourth-order valence-corrected chi connectivity index (χ4v) is 10.1. The molecule has 10 rings (SSSR count). The van der Waals surface area contributed by atoms with Gasteiger partial charge in [0.05, 0.1) is 0 Å². The molecule has 0 unspecified atom stereocenters. The van der Waals surface area contributed by atoms with Crippen molar-refractivity contribution in [3.05, 3.63) is 53.6 Å². The lowest BCUT2D eigenvalue weighted by Crippen LogP contribution is -2.50. The molecule has 1 nitrogen and oxygen atoms in total. The summed E-state index contributed by atoms with van der Waals surface area (Å²) in [5, 5.41) is 2.14. The molecule has 0 N–H and O–H groups in total. The van der Waals surface area contributed by atoms with Gasteiger partial charge in [-0.1, -0.05) is 105 Å². The van der Waals surface area contributed by atoms with Crippen LogP contribution in [-0.4, -0.2) is 133 Å². The van der Waals surface area contributed by atoms with Crippen molar-refractivity contribution in [2.24, 2.45) is 0 Å². The van der Waals surface area contributed by atoms with E-state index < -0.39 is 5.41 Å². The molecule has 0 fully saturated rings. The van der Waals surface area contributed by atoms with Crippen molar-refractivity contribution >= 4 is 281 Å². The molecule has 0 saturated heterocycles. The van der Waals surface area contributed by atoms with E-state index in [0.29, 0.717) is 21.9 Å². The third-order valence-corrected chi connectivity index (χ3v) is 13.4. The lowest BCUT2D eigenvalue weighted by molar-refractivity contribution is 0.660. The normalized spacial score (nSPS) is 13.2. The Bertz CT molecular complexity index is 3600. The molecule has 8 aromatic carbocycles. The monoisotopic (exact) mass is 756 g/mol. The second-order valence-corrected chi connectivity index (χ2v) is 16.8. The Balaban J connectivity index is 1.45. The van der Waals surface area contributed by atoms with Crippen LogP contribution in [0, 0.1) is 0 Å². The second kappa shape index (κ2) is 14.0. The van der Waals surface area contributed by atoms with E-state index in [0.717, 1.165) is 16.7 Å². The third kappa shape index (κ3) is 5.25. The maximum Gasteiger partial charge on any atom is 0.128 e. The molecule has 0 bridgehead atoms. The second-order valence-electron chi connectivity index (χ2n) is 16.8. The molecule has 0 aliphatic heterocycles. The van der Waals surface area contributed by atoms with Crippen LogP contribution in [-0.2, 0) is 5.41 Å². The first-order chi connectivity index (χ1) is 29.7. The number of rotatable bonds is 2. The Morgan fingerprint density at radius 3 is 1.25 bits per heavy atom. The first-order valence-corrected chi connectivity index (χ1v) is 19.6. The quantitative estimate of drug-likeness (QED) is 0.127. The highest BCUT2D eigenvalue weighted by Crippen LogP contribution is 2.50. The molecule has 0 atom stereocenters. The summed E-state index contributed by atoms with van der Waals surface area (Å²) in [6, 6.07) is 14.4. The standard InChI is InChI=1S/C45H13B17O/c1-45(2)13-6-4-3-5-11(13)12-8-7-10(9-14(12)45)15-17-19(30(50)38(58)36(56)28(17)48)16(20-18(15)29(49)37(57)39(59)31(20)51)21-26(46)25-24-27(47)22-23(33(53)41(61)40(60)32(22)52)35(55)43(24)63-44(25)42(62)34(21)54/h3-9H,1-2H3. The number of hydrogen-bond donors (Lipinski definition) is 0. The minimum atomic E-state index is -0.399. The summed E-state index contributed by atoms with van der Waals surface area (Å²) in [4.78, 5) is 0. The molecule has 18 heteroatoms. The zero-order chi connectivity index (χ0) is 45.4. The van der Waals surface area contributed by atoms with E-state index in [9.17, 15) is 0 Å². The van der Waals surface area contributed by atoms with Crippen LogP contribution in [0.25, 0.3) is 87.6 Å². The predicted molar refractivity (Wildman–Crippen MR) is 286 cm³/mol. The smallest absolute Gasteiger partial charge is 0.128 e. The molecule has 0 spiro atoms. The minimum absolute atomic E-state index is 0.00462. The number of fused-ring (bicyclic) bond motifs is 9. The lowest BCUT2D eigenvalue weighted by Gasteiger charge is -2.30. The summed E-state index contributed by atoms with van der Waals surface area (Å²) in [5.41, 5.74) is 6.05. The highest BCUT2D eigenvalue weighted by molar-refractivity contribution is 6.74. The van der Waals surface area contributed by atoms with Gasteiger partial charge in [-0.05, 0) is 88.4 Å². The number of benzene rings is 8. The molecule has 34 radical (unpaired) electrons. The zero-order valence-corrected chi connectivity index (χ0v) is 34.3. The van der Waals surface area contributed by atoms with Gasteiger partial charge in [-0.3, -0.25) is 0 Å². The van der Waals surface area contributed by atoms with Crippen LogP contribution in [0.2, 0.25) is 0 Å². The first-order valence-electron chi connectivity index (χ1n) is 19.6. The Morgan fingerprint density at radius 1 is 0.317 bits per heavy atom. The minimum Gasteiger partial charge on any atom is -0.457 e. The number of hydrogen-bond acceptors (Lipinski definition) is 1. The fourth-order valence-electron chi connectivity index (χ4n) is 10.1. The van der Waals surface area contributed by atoms with Crippen LogP contribution in [0.15, 0.2) is 46.9 Å². The topological polar surface area (TPSA) is 13.1 Å². The van der Waals surface area contributed by atoms with Crippen LogP contribution in [0.3, 0.4) is 0 Å². The summed E-state index contributed by atoms with van der Waals surface area (Å²) < 4.78 is 6.38. The molecule has 1 aromatic heterocycles. The van der Waals surface area contributed by atoms with Crippen LogP contribution in [0.5, 0.6) is 0 Å². The molecule has 250 valence electrons. The fraction of sp³-hybridized carbons (Fsp3) is 0.0667. The summed E-state index contributed by atoms with van der Waals surface area (Å²) >= 11 is 0. The van der Waals surface area contributed by atoms with E-state index in [2.05, 4.69) is 38.1 Å². The summed E-state index contributed by atoms with van der Waals surface area (Å²) in [6.07, 6.45) is 0. The molecule has 1 heterocycles. The van der Waals surface area contributed by atoms with E-state index in [1.54, 1.807) is 0 Å². The van der Waals surface area contributed by atoms with E-state index in [1.165, 1.54) is 5.56 Å². The van der Waals surface area contributed by atoms with Crippen molar-refractivity contribution in [2.45, 2.75) is 19.3 Å². The Labute approximate surface area is 388 Å². The number of furan rings is 1. The highest BCUT2D eigenvalue weighted by atomic mass is 16.3. The van der Waals surface area contributed by atoms with Crippen LogP contribution in [0.1, 0.15) is 25.0 Å². The van der Waals surface area contributed by atoms with E-state index in [1.807, 2.05) is 18.2 Å². The van der Waals surface area contributed by atoms with Gasteiger partial charge in [0.2, 0.25) is 0 Å². The van der Waals surface area contributed by atoms with Gasteiger partial charge in [0.25, 0.3) is 0 Å². The van der Waals surface area contributed by atoms with Gasteiger partial charge >= 0.3 is 0 Å². The highest BCUT2D eigenvalue weighted by Gasteiger charge is 2.36. The summed E-state index contributed by atoms with van der Waals surface area (Å²) in [6.45, 7) is 4.33. The molecule has 1 aliphatic carbocycles. The Hall–Kier alpha value is -4.56. The maximum absolute atomic E-state index is 7.34. The van der Waals surface area contributed by atoms with E-state index in [-0.39, 0.29) is 147 Å². The molecular formula is C45H13B17O. The van der Waals surface area contributed by atoms with Crippen molar-refractivity contribution in [1.29, 1.82) is 0 Å². The predicted octanol–water partition coefficient (Wildman–Crippen LogP) is -7.82. The van der Waals surface area contributed by atoms with Gasteiger partial charge in [0.1, 0.15) is 145 Å². The molecule has 0 amide bonds. The van der Waals surface area contributed by atoms with Gasteiger partial charge < -0.3 is 4.42 Å². The van der Waals surface area contributed by atoms with Gasteiger partial charge in [-0.2, -0.15) is 0 Å². The van der Waals surface area contributed by atoms with Crippen LogP contribution in [0.4, 0.5) is 0 Å². The first kappa shape index (κ1) is 42.4. The third-order valence-electron chi connectivity index (χ3n) is 13.4. The maximum atomic E-state index is 7.34. The largest absolute Gasteiger partial charge is 0.457 e. The van der Waals surface area contributed by atoms with Crippen LogP contribution < -0.4 is 92.9 Å². The van der Waals surface area contributed by atoms with Gasteiger partial charge in [-0.25, -0.2) is 0 Å². The molecule has 0 saturated carbocycles. The van der Waals surface area contributed by atoms with Crippen molar-refractivity contribution in [1.82, 2.24) is 0 Å². The van der Waals surface area contributed by atoms with Gasteiger partial charge in [0.15, 0.2) is 0 Å². The van der Waals surface area contributed by atoms with Crippen molar-refractivity contribution in [3.63, 3.8) is 0 Å². The van der Waals surface area contributed by atoms with Crippen molar-refractivity contribution in [2.75, 3.05) is 0 Å². The summed E-state index contributed by atoms with van der Waals surface area (Å²) in [5.74, 6) is 0. The van der Waals surface area contributed by atoms with E-state index >= 15 is 0 Å². The van der Waals surface area contributed by atoms with Gasteiger partial charge in [0, 0.05) is 16.2 Å². The molecular weight excluding hydrogens is 740 g/mol. The SMILES string of the molecule is [B]c1c(-c2c3c([B])c([B])c([B])c([B])c3c(-c3ccc4c(c3)C(C)(C)c3ccccc3-4)c3c([B])c([B])c([B])c([B])c23)c([B])c2c(oc3c([B])c4c([B])c([B])c([B])c([B])c4c([B])c32)c1[B]. The van der Waals surface area contributed by atoms with E-state index in [4.69, 9.17) is 138 Å². The van der Waals surface area contributed by atoms with Crippen molar-refractivity contribution < 1.29 is 4.42 Å². The Kier molecular flexibility index (Phi) is 9.40. The molecule has 9 aromatic rings. The average molecular weight is 753 g/mol. The average Bonchev–Trinajstić information content (AvgIpc) is 3.78.